The number of aryl methyl sites for hydroxylation is 1. The lowest BCUT2D eigenvalue weighted by molar-refractivity contribution is 0.509. The molecule has 1 atom stereocenters. The van der Waals surface area contributed by atoms with Gasteiger partial charge in [-0.2, -0.15) is 4.98 Å². The summed E-state index contributed by atoms with van der Waals surface area (Å²) in [5.41, 5.74) is 1.08. The van der Waals surface area contributed by atoms with Crippen molar-refractivity contribution in [2.75, 3.05) is 17.7 Å². The average molecular weight is 222 g/mol. The molecule has 0 fully saturated rings. The maximum absolute atomic E-state index is 4.43. The summed E-state index contributed by atoms with van der Waals surface area (Å²) in [5.74, 6) is 2.18. The second kappa shape index (κ2) is 5.68. The van der Waals surface area contributed by atoms with E-state index in [-0.39, 0.29) is 0 Å². The molecule has 0 spiro atoms. The van der Waals surface area contributed by atoms with Crippen molar-refractivity contribution in [1.29, 1.82) is 0 Å². The topological polar surface area (TPSA) is 49.8 Å². The molecule has 1 heterocycles. The number of anilines is 2. The van der Waals surface area contributed by atoms with Gasteiger partial charge in [0.05, 0.1) is 0 Å². The molecule has 90 valence electrons. The minimum Gasteiger partial charge on any atom is -0.367 e. The lowest BCUT2D eigenvalue weighted by Gasteiger charge is -2.22. The first-order valence-corrected chi connectivity index (χ1v) is 5.86. The van der Waals surface area contributed by atoms with Crippen LogP contribution in [0.3, 0.4) is 0 Å². The highest BCUT2D eigenvalue weighted by atomic mass is 15.1. The lowest BCUT2D eigenvalue weighted by Crippen LogP contribution is -2.25. The second-order valence-electron chi connectivity index (χ2n) is 4.38. The zero-order valence-corrected chi connectivity index (χ0v) is 10.8. The summed E-state index contributed by atoms with van der Waals surface area (Å²) in [6, 6.07) is 0.457. The monoisotopic (exact) mass is 222 g/mol. The van der Waals surface area contributed by atoms with E-state index in [1.54, 1.807) is 0 Å². The molecule has 0 radical (unpaired) electrons. The van der Waals surface area contributed by atoms with Crippen LogP contribution in [0.15, 0.2) is 6.20 Å². The number of rotatable bonds is 5. The van der Waals surface area contributed by atoms with E-state index in [1.165, 1.54) is 0 Å². The largest absolute Gasteiger partial charge is 0.367 e. The van der Waals surface area contributed by atoms with Crippen molar-refractivity contribution in [2.24, 2.45) is 5.92 Å². The van der Waals surface area contributed by atoms with Gasteiger partial charge >= 0.3 is 0 Å². The van der Waals surface area contributed by atoms with Gasteiger partial charge in [0.2, 0.25) is 5.95 Å². The molecule has 0 aromatic carbocycles. The third-order valence-corrected chi connectivity index (χ3v) is 2.76. The molecule has 1 unspecified atom stereocenters. The number of aromatic nitrogens is 2. The lowest BCUT2D eigenvalue weighted by atomic mass is 10.0. The third kappa shape index (κ3) is 3.08. The summed E-state index contributed by atoms with van der Waals surface area (Å²) < 4.78 is 0. The molecule has 1 rings (SSSR count). The Morgan fingerprint density at radius 3 is 2.56 bits per heavy atom. The molecule has 0 saturated carbocycles. The predicted molar refractivity (Wildman–Crippen MR) is 68.9 cm³/mol. The van der Waals surface area contributed by atoms with Gasteiger partial charge in [0.15, 0.2) is 0 Å². The van der Waals surface area contributed by atoms with Crippen LogP contribution in [0, 0.1) is 12.8 Å². The van der Waals surface area contributed by atoms with Gasteiger partial charge in [0, 0.05) is 24.8 Å². The third-order valence-electron chi connectivity index (χ3n) is 2.76. The molecular formula is C12H22N4. The molecule has 4 heteroatoms. The van der Waals surface area contributed by atoms with Crippen molar-refractivity contribution in [3.8, 4) is 0 Å². The van der Waals surface area contributed by atoms with E-state index in [2.05, 4.69) is 41.4 Å². The zero-order chi connectivity index (χ0) is 12.1. The van der Waals surface area contributed by atoms with Crippen LogP contribution in [0.1, 0.15) is 32.8 Å². The highest BCUT2D eigenvalue weighted by molar-refractivity contribution is 5.46. The van der Waals surface area contributed by atoms with Crippen LogP contribution in [-0.2, 0) is 0 Å². The fourth-order valence-corrected chi connectivity index (χ4v) is 1.62. The molecule has 0 aliphatic rings. The summed E-state index contributed by atoms with van der Waals surface area (Å²) in [5, 5.41) is 6.43. The molecule has 0 saturated heterocycles. The van der Waals surface area contributed by atoms with Crippen molar-refractivity contribution >= 4 is 11.8 Å². The summed E-state index contributed by atoms with van der Waals surface area (Å²) in [7, 11) is 1.83. The number of hydrogen-bond acceptors (Lipinski definition) is 4. The SMILES string of the molecule is CCC(Nc1nc(NC)ncc1C)C(C)C. The molecule has 0 bridgehead atoms. The maximum atomic E-state index is 4.43. The normalized spacial score (nSPS) is 12.6. The average Bonchev–Trinajstić information content (AvgIpc) is 2.27. The minimum absolute atomic E-state index is 0.457. The van der Waals surface area contributed by atoms with Gasteiger partial charge in [-0.3, -0.25) is 0 Å². The number of nitrogens with zero attached hydrogens (tertiary/aromatic N) is 2. The van der Waals surface area contributed by atoms with E-state index in [9.17, 15) is 0 Å². The van der Waals surface area contributed by atoms with E-state index in [0.29, 0.717) is 17.9 Å². The van der Waals surface area contributed by atoms with Gasteiger partial charge in [-0.1, -0.05) is 20.8 Å². The molecule has 0 aliphatic carbocycles. The summed E-state index contributed by atoms with van der Waals surface area (Å²) >= 11 is 0. The quantitative estimate of drug-likeness (QED) is 0.804. The van der Waals surface area contributed by atoms with Gasteiger partial charge in [-0.25, -0.2) is 4.98 Å². The number of hydrogen-bond donors (Lipinski definition) is 2. The van der Waals surface area contributed by atoms with Crippen LogP contribution < -0.4 is 10.6 Å². The first-order chi connectivity index (χ1) is 7.58. The Morgan fingerprint density at radius 2 is 2.06 bits per heavy atom. The first kappa shape index (κ1) is 12.7. The summed E-state index contributed by atoms with van der Waals surface area (Å²) in [6.07, 6.45) is 2.93. The highest BCUT2D eigenvalue weighted by Gasteiger charge is 2.13. The van der Waals surface area contributed by atoms with Crippen LogP contribution in [0.2, 0.25) is 0 Å². The van der Waals surface area contributed by atoms with Gasteiger partial charge in [-0.05, 0) is 19.3 Å². The molecular weight excluding hydrogens is 200 g/mol. The standard InChI is InChI=1S/C12H22N4/c1-6-10(8(2)3)15-11-9(4)7-14-12(13-5)16-11/h7-8,10H,6H2,1-5H3,(H2,13,14,15,16). The Morgan fingerprint density at radius 1 is 1.38 bits per heavy atom. The van der Waals surface area contributed by atoms with Crippen molar-refractivity contribution < 1.29 is 0 Å². The summed E-state index contributed by atoms with van der Waals surface area (Å²) in [6.45, 7) is 8.65. The first-order valence-electron chi connectivity index (χ1n) is 5.86. The Labute approximate surface area is 97.9 Å². The Hall–Kier alpha value is -1.32. The highest BCUT2D eigenvalue weighted by Crippen LogP contribution is 2.17. The van der Waals surface area contributed by atoms with Crippen molar-refractivity contribution in [3.05, 3.63) is 11.8 Å². The van der Waals surface area contributed by atoms with Crippen LogP contribution in [0.25, 0.3) is 0 Å². The van der Waals surface area contributed by atoms with Gasteiger partial charge in [-0.15, -0.1) is 0 Å². The van der Waals surface area contributed by atoms with E-state index in [1.807, 2.05) is 20.2 Å². The van der Waals surface area contributed by atoms with Gasteiger partial charge in [0.1, 0.15) is 5.82 Å². The van der Waals surface area contributed by atoms with Crippen molar-refractivity contribution in [2.45, 2.75) is 40.2 Å². The van der Waals surface area contributed by atoms with Crippen molar-refractivity contribution in [1.82, 2.24) is 9.97 Å². The van der Waals surface area contributed by atoms with Gasteiger partial charge < -0.3 is 10.6 Å². The summed E-state index contributed by atoms with van der Waals surface area (Å²) in [4.78, 5) is 8.60. The fraction of sp³-hybridized carbons (Fsp3) is 0.667. The molecule has 4 nitrogen and oxygen atoms in total. The molecule has 1 aromatic heterocycles. The zero-order valence-electron chi connectivity index (χ0n) is 10.8. The molecule has 2 N–H and O–H groups in total. The molecule has 0 amide bonds. The molecule has 16 heavy (non-hydrogen) atoms. The van der Waals surface area contributed by atoms with E-state index in [0.717, 1.165) is 17.8 Å². The van der Waals surface area contributed by atoms with Crippen LogP contribution in [-0.4, -0.2) is 23.1 Å². The van der Waals surface area contributed by atoms with Crippen LogP contribution >= 0.6 is 0 Å². The van der Waals surface area contributed by atoms with E-state index >= 15 is 0 Å². The number of nitrogens with one attached hydrogen (secondary N) is 2. The van der Waals surface area contributed by atoms with Crippen LogP contribution in [0.5, 0.6) is 0 Å². The molecule has 0 aliphatic heterocycles. The van der Waals surface area contributed by atoms with Gasteiger partial charge in [0.25, 0.3) is 0 Å². The smallest absolute Gasteiger partial charge is 0.224 e. The maximum Gasteiger partial charge on any atom is 0.224 e. The Bertz CT molecular complexity index is 336. The van der Waals surface area contributed by atoms with Crippen molar-refractivity contribution in [3.63, 3.8) is 0 Å². The van der Waals surface area contributed by atoms with E-state index < -0.39 is 0 Å². The fourth-order valence-electron chi connectivity index (χ4n) is 1.62. The van der Waals surface area contributed by atoms with Crippen LogP contribution in [0.4, 0.5) is 11.8 Å². The second-order valence-corrected chi connectivity index (χ2v) is 4.38. The minimum atomic E-state index is 0.457. The van der Waals surface area contributed by atoms with E-state index in [4.69, 9.17) is 0 Å². The Kier molecular flexibility index (Phi) is 4.52. The predicted octanol–water partition coefficient (Wildman–Crippen LogP) is 2.67. The molecule has 1 aromatic rings. The Balaban J connectivity index is 2.86.